The molecule has 0 aliphatic carbocycles. The molecule has 2 amide bonds. The fraction of sp³-hybridized carbons (Fsp3) is 0.308. The summed E-state index contributed by atoms with van der Waals surface area (Å²) >= 11 is 0. The van der Waals surface area contributed by atoms with Crippen molar-refractivity contribution in [2.75, 3.05) is 28.2 Å². The second-order valence-corrected chi connectivity index (χ2v) is 4.35. The zero-order valence-electron chi connectivity index (χ0n) is 11.7. The van der Waals surface area contributed by atoms with Crippen molar-refractivity contribution in [3.8, 4) is 11.5 Å². The molecule has 0 saturated heterocycles. The van der Waals surface area contributed by atoms with Gasteiger partial charge in [-0.2, -0.15) is 0 Å². The summed E-state index contributed by atoms with van der Waals surface area (Å²) in [5.41, 5.74) is 0.302. The lowest BCUT2D eigenvalue weighted by atomic mass is 10.2. The molecule has 1 rings (SSSR count). The molecule has 7 nitrogen and oxygen atoms in total. The van der Waals surface area contributed by atoms with Gasteiger partial charge in [0.15, 0.2) is 11.5 Å². The third kappa shape index (κ3) is 3.98. The van der Waals surface area contributed by atoms with Crippen LogP contribution in [0, 0.1) is 0 Å². The minimum Gasteiger partial charge on any atom is -0.406 e. The van der Waals surface area contributed by atoms with Crippen LogP contribution in [0.3, 0.4) is 0 Å². The second kappa shape index (κ2) is 6.55. The van der Waals surface area contributed by atoms with Gasteiger partial charge >= 0.3 is 12.2 Å². The first-order valence-corrected chi connectivity index (χ1v) is 5.72. The molecule has 0 saturated carbocycles. The lowest BCUT2D eigenvalue weighted by Gasteiger charge is -2.15. The van der Waals surface area contributed by atoms with Crippen LogP contribution in [0.2, 0.25) is 0 Å². The summed E-state index contributed by atoms with van der Waals surface area (Å²) in [5.74, 6) is 0.0630. The maximum absolute atomic E-state index is 11.5. The number of hydrogen-bond donors (Lipinski definition) is 0. The van der Waals surface area contributed by atoms with E-state index in [1.807, 2.05) is 0 Å². The number of carbonyl (C=O) groups is 3. The number of ether oxygens (including phenoxy) is 2. The molecule has 0 radical (unpaired) electrons. The Morgan fingerprint density at radius 2 is 1.45 bits per heavy atom. The first-order chi connectivity index (χ1) is 9.35. The highest BCUT2D eigenvalue weighted by Crippen LogP contribution is 2.29. The van der Waals surface area contributed by atoms with Gasteiger partial charge in [-0.1, -0.05) is 0 Å². The maximum atomic E-state index is 11.5. The van der Waals surface area contributed by atoms with Crippen LogP contribution in [0.4, 0.5) is 9.59 Å². The van der Waals surface area contributed by atoms with Crippen LogP contribution in [0.25, 0.3) is 0 Å². The highest BCUT2D eigenvalue weighted by molar-refractivity contribution is 5.79. The molecular weight excluding hydrogens is 264 g/mol. The molecule has 0 fully saturated rings. The van der Waals surface area contributed by atoms with E-state index in [2.05, 4.69) is 0 Å². The lowest BCUT2D eigenvalue weighted by molar-refractivity contribution is 0.112. The number of hydrogen-bond acceptors (Lipinski definition) is 5. The third-order valence-corrected chi connectivity index (χ3v) is 2.23. The Balaban J connectivity index is 3.06. The summed E-state index contributed by atoms with van der Waals surface area (Å²) in [7, 11) is 6.07. The minimum absolute atomic E-state index is 0.00324. The number of carbonyl (C=O) groups excluding carboxylic acids is 3. The summed E-state index contributed by atoms with van der Waals surface area (Å²) < 4.78 is 10.1. The average Bonchev–Trinajstić information content (AvgIpc) is 2.40. The van der Waals surface area contributed by atoms with Gasteiger partial charge in [0.2, 0.25) is 0 Å². The number of rotatable bonds is 3. The van der Waals surface area contributed by atoms with Crippen molar-refractivity contribution in [1.29, 1.82) is 0 Å². The number of nitrogens with zero attached hydrogens (tertiary/aromatic N) is 2. The minimum atomic E-state index is -0.643. The van der Waals surface area contributed by atoms with Gasteiger partial charge in [-0.05, 0) is 18.2 Å². The summed E-state index contributed by atoms with van der Waals surface area (Å²) in [6, 6.07) is 4.17. The molecule has 0 aliphatic heterocycles. The Hall–Kier alpha value is -2.57. The molecule has 1 aromatic carbocycles. The van der Waals surface area contributed by atoms with Crippen molar-refractivity contribution in [2.45, 2.75) is 0 Å². The van der Waals surface area contributed by atoms with Crippen LogP contribution in [-0.4, -0.2) is 56.5 Å². The Labute approximate surface area is 116 Å². The molecule has 0 N–H and O–H groups in total. The standard InChI is InChI=1S/C13H16N2O5/c1-14(2)12(17)19-10-6-5-9(8-16)7-11(10)20-13(18)15(3)4/h5-8H,1-4H3. The molecule has 0 heterocycles. The van der Waals surface area contributed by atoms with Crippen LogP contribution < -0.4 is 9.47 Å². The van der Waals surface area contributed by atoms with E-state index >= 15 is 0 Å². The van der Waals surface area contributed by atoms with Gasteiger partial charge in [0.05, 0.1) is 0 Å². The highest BCUT2D eigenvalue weighted by Gasteiger charge is 2.16. The van der Waals surface area contributed by atoms with Crippen LogP contribution in [0.5, 0.6) is 11.5 Å². The second-order valence-electron chi connectivity index (χ2n) is 4.35. The monoisotopic (exact) mass is 280 g/mol. The molecule has 1 aromatic rings. The first kappa shape index (κ1) is 15.5. The quantitative estimate of drug-likeness (QED) is 0.786. The molecule has 0 aliphatic rings. The summed E-state index contributed by atoms with van der Waals surface area (Å²) in [5, 5.41) is 0. The van der Waals surface area contributed by atoms with Gasteiger partial charge in [-0.3, -0.25) is 4.79 Å². The van der Waals surface area contributed by atoms with Crippen molar-refractivity contribution in [2.24, 2.45) is 0 Å². The Bertz CT molecular complexity index is 525. The summed E-state index contributed by atoms with van der Waals surface area (Å²) in [6.45, 7) is 0. The zero-order valence-corrected chi connectivity index (χ0v) is 11.7. The number of aldehydes is 1. The Kier molecular flexibility index (Phi) is 5.08. The van der Waals surface area contributed by atoms with E-state index in [0.717, 1.165) is 0 Å². The van der Waals surface area contributed by atoms with E-state index in [-0.39, 0.29) is 11.5 Å². The van der Waals surface area contributed by atoms with Crippen molar-refractivity contribution in [3.63, 3.8) is 0 Å². The molecular formula is C13H16N2O5. The SMILES string of the molecule is CN(C)C(=O)Oc1ccc(C=O)cc1OC(=O)N(C)C. The van der Waals surface area contributed by atoms with Crippen LogP contribution in [-0.2, 0) is 0 Å². The zero-order chi connectivity index (χ0) is 15.3. The van der Waals surface area contributed by atoms with Crippen LogP contribution in [0.15, 0.2) is 18.2 Å². The van der Waals surface area contributed by atoms with Crippen molar-refractivity contribution >= 4 is 18.5 Å². The Morgan fingerprint density at radius 1 is 0.950 bits per heavy atom. The van der Waals surface area contributed by atoms with Crippen LogP contribution in [0.1, 0.15) is 10.4 Å². The van der Waals surface area contributed by atoms with Gasteiger partial charge < -0.3 is 19.3 Å². The summed E-state index contributed by atoms with van der Waals surface area (Å²) in [4.78, 5) is 36.3. The molecule has 0 aromatic heterocycles. The molecule has 7 heteroatoms. The topological polar surface area (TPSA) is 76.1 Å². The maximum Gasteiger partial charge on any atom is 0.414 e. The summed E-state index contributed by atoms with van der Waals surface area (Å²) in [6.07, 6.45) is -0.661. The predicted molar refractivity (Wildman–Crippen MR) is 71.3 cm³/mol. The van der Waals surface area contributed by atoms with Crippen LogP contribution >= 0.6 is 0 Å². The fourth-order valence-electron chi connectivity index (χ4n) is 1.13. The third-order valence-electron chi connectivity index (χ3n) is 2.23. The average molecular weight is 280 g/mol. The van der Waals surface area contributed by atoms with E-state index in [9.17, 15) is 14.4 Å². The van der Waals surface area contributed by atoms with Gasteiger partial charge in [-0.15, -0.1) is 0 Å². The smallest absolute Gasteiger partial charge is 0.406 e. The number of amides is 2. The van der Waals surface area contributed by atoms with Gasteiger partial charge in [0, 0.05) is 33.8 Å². The molecule has 0 unspecified atom stereocenters. The largest absolute Gasteiger partial charge is 0.414 e. The van der Waals surface area contributed by atoms with Gasteiger partial charge in [0.25, 0.3) is 0 Å². The molecule has 0 bridgehead atoms. The first-order valence-electron chi connectivity index (χ1n) is 5.72. The lowest BCUT2D eigenvalue weighted by Crippen LogP contribution is -2.27. The predicted octanol–water partition coefficient (Wildman–Crippen LogP) is 1.62. The van der Waals surface area contributed by atoms with Gasteiger partial charge in [0.1, 0.15) is 6.29 Å². The normalized spacial score (nSPS) is 9.60. The molecule has 0 spiro atoms. The van der Waals surface area contributed by atoms with Crippen molar-refractivity contribution in [1.82, 2.24) is 9.80 Å². The van der Waals surface area contributed by atoms with Crippen molar-refractivity contribution < 1.29 is 23.9 Å². The molecule has 108 valence electrons. The Morgan fingerprint density at radius 3 is 1.90 bits per heavy atom. The van der Waals surface area contributed by atoms with E-state index in [4.69, 9.17) is 9.47 Å². The molecule has 20 heavy (non-hydrogen) atoms. The van der Waals surface area contributed by atoms with E-state index in [1.165, 1.54) is 56.2 Å². The highest BCUT2D eigenvalue weighted by atomic mass is 16.6. The number of benzene rings is 1. The van der Waals surface area contributed by atoms with Crippen molar-refractivity contribution in [3.05, 3.63) is 23.8 Å². The van der Waals surface area contributed by atoms with E-state index < -0.39 is 12.2 Å². The van der Waals surface area contributed by atoms with E-state index in [0.29, 0.717) is 11.8 Å². The van der Waals surface area contributed by atoms with E-state index in [1.54, 1.807) is 0 Å². The van der Waals surface area contributed by atoms with Gasteiger partial charge in [-0.25, -0.2) is 9.59 Å². The molecule has 0 atom stereocenters. The fourth-order valence-corrected chi connectivity index (χ4v) is 1.13.